The normalized spacial score (nSPS) is 12.4. The molecule has 0 saturated carbocycles. The van der Waals surface area contributed by atoms with Gasteiger partial charge in [0.05, 0.1) is 23.2 Å². The molecule has 8 nitrogen and oxygen atoms in total. The van der Waals surface area contributed by atoms with Gasteiger partial charge in [0.2, 0.25) is 18.5 Å². The third-order valence-electron chi connectivity index (χ3n) is 5.70. The fourth-order valence-electron chi connectivity index (χ4n) is 3.87. The molecule has 1 aliphatic rings. The molecule has 0 atom stereocenters. The van der Waals surface area contributed by atoms with Crippen LogP contribution in [0, 0.1) is 6.92 Å². The van der Waals surface area contributed by atoms with Gasteiger partial charge in [-0.2, -0.15) is 4.98 Å². The predicted octanol–water partition coefficient (Wildman–Crippen LogP) is 4.82. The van der Waals surface area contributed by atoms with Crippen molar-refractivity contribution >= 4 is 22.7 Å². The first kappa shape index (κ1) is 21.4. The molecule has 2 aromatic heterocycles. The van der Waals surface area contributed by atoms with Crippen molar-refractivity contribution in [2.24, 2.45) is 0 Å². The van der Waals surface area contributed by atoms with Crippen LogP contribution in [-0.2, 0) is 12.3 Å². The van der Waals surface area contributed by atoms with Crippen molar-refractivity contribution in [2.75, 3.05) is 6.79 Å². The smallest absolute Gasteiger partial charge is 0.262 e. The SMILES string of the molecule is Cc1ccc(-c2noc(CSc3nc4cc5c(cc4c(=O)n3Cc3ccccc3)OCO5)n2)cc1. The number of hydrogen-bond donors (Lipinski definition) is 0. The molecular weight excluding hydrogens is 464 g/mol. The van der Waals surface area contributed by atoms with Gasteiger partial charge in [0, 0.05) is 11.6 Å². The number of aromatic nitrogens is 4. The van der Waals surface area contributed by atoms with E-state index in [2.05, 4.69) is 10.1 Å². The number of rotatable bonds is 6. The van der Waals surface area contributed by atoms with E-state index in [0.29, 0.717) is 51.6 Å². The Balaban J connectivity index is 1.35. The minimum absolute atomic E-state index is 0.131. The maximum atomic E-state index is 13.5. The van der Waals surface area contributed by atoms with Crippen molar-refractivity contribution in [3.05, 3.63) is 94.1 Å². The Morgan fingerprint density at radius 1 is 0.971 bits per heavy atom. The molecule has 0 bridgehead atoms. The van der Waals surface area contributed by atoms with Crippen LogP contribution >= 0.6 is 11.8 Å². The highest BCUT2D eigenvalue weighted by Gasteiger charge is 2.20. The van der Waals surface area contributed by atoms with E-state index in [9.17, 15) is 4.79 Å². The minimum Gasteiger partial charge on any atom is -0.454 e. The van der Waals surface area contributed by atoms with Crippen molar-refractivity contribution in [1.29, 1.82) is 0 Å². The molecule has 0 amide bonds. The number of benzene rings is 3. The summed E-state index contributed by atoms with van der Waals surface area (Å²) < 4.78 is 18.1. The second kappa shape index (κ2) is 8.92. The molecule has 0 aliphatic carbocycles. The van der Waals surface area contributed by atoms with Gasteiger partial charge in [-0.25, -0.2) is 4.98 Å². The molecule has 5 aromatic rings. The lowest BCUT2D eigenvalue weighted by Gasteiger charge is -2.13. The van der Waals surface area contributed by atoms with Gasteiger partial charge < -0.3 is 14.0 Å². The highest BCUT2D eigenvalue weighted by molar-refractivity contribution is 7.98. The molecule has 3 aromatic carbocycles. The fraction of sp³-hybridized carbons (Fsp3) is 0.154. The molecule has 9 heteroatoms. The number of ether oxygens (including phenoxy) is 2. The molecule has 0 spiro atoms. The summed E-state index contributed by atoms with van der Waals surface area (Å²) in [6, 6.07) is 21.2. The largest absolute Gasteiger partial charge is 0.454 e. The van der Waals surface area contributed by atoms with Crippen molar-refractivity contribution in [1.82, 2.24) is 19.7 Å². The van der Waals surface area contributed by atoms with Gasteiger partial charge in [0.1, 0.15) is 0 Å². The van der Waals surface area contributed by atoms with Crippen molar-refractivity contribution in [3.63, 3.8) is 0 Å². The number of thioether (sulfide) groups is 1. The highest BCUT2D eigenvalue weighted by Crippen LogP contribution is 2.35. The van der Waals surface area contributed by atoms with Gasteiger partial charge in [-0.3, -0.25) is 9.36 Å². The second-order valence-corrected chi connectivity index (χ2v) is 9.10. The summed E-state index contributed by atoms with van der Waals surface area (Å²) in [5.74, 6) is 2.49. The molecule has 0 radical (unpaired) electrons. The van der Waals surface area contributed by atoms with Gasteiger partial charge in [-0.15, -0.1) is 0 Å². The Morgan fingerprint density at radius 3 is 2.54 bits per heavy atom. The van der Waals surface area contributed by atoms with E-state index >= 15 is 0 Å². The third kappa shape index (κ3) is 4.26. The number of hydrogen-bond acceptors (Lipinski definition) is 8. The third-order valence-corrected chi connectivity index (χ3v) is 6.66. The quantitative estimate of drug-likeness (QED) is 0.250. The monoisotopic (exact) mass is 484 g/mol. The topological polar surface area (TPSA) is 92.3 Å². The average Bonchev–Trinajstić information content (AvgIpc) is 3.54. The van der Waals surface area contributed by atoms with Crippen molar-refractivity contribution < 1.29 is 14.0 Å². The van der Waals surface area contributed by atoms with E-state index in [0.717, 1.165) is 16.7 Å². The molecule has 6 rings (SSSR count). The van der Waals surface area contributed by atoms with Crippen molar-refractivity contribution in [2.45, 2.75) is 24.4 Å². The summed E-state index contributed by atoms with van der Waals surface area (Å²) in [5.41, 5.74) is 3.45. The summed E-state index contributed by atoms with van der Waals surface area (Å²) in [5, 5.41) is 5.14. The molecule has 0 unspecified atom stereocenters. The summed E-state index contributed by atoms with van der Waals surface area (Å²) >= 11 is 1.38. The fourth-order valence-corrected chi connectivity index (χ4v) is 4.70. The van der Waals surface area contributed by atoms with Crippen LogP contribution in [0.5, 0.6) is 11.5 Å². The zero-order valence-electron chi connectivity index (χ0n) is 18.8. The molecule has 174 valence electrons. The standard InChI is InChI=1S/C26H20N4O4S/c1-16-7-9-18(10-8-16)24-28-23(34-29-24)14-35-26-27-20-12-22-21(32-15-33-22)11-19(20)25(31)30(26)13-17-5-3-2-4-6-17/h2-12H,13-15H2,1H3. The summed E-state index contributed by atoms with van der Waals surface area (Å²) in [4.78, 5) is 22.9. The molecule has 0 saturated heterocycles. The van der Waals surface area contributed by atoms with Gasteiger partial charge in [0.25, 0.3) is 5.56 Å². The van der Waals surface area contributed by atoms with Gasteiger partial charge in [-0.1, -0.05) is 77.1 Å². The first-order valence-electron chi connectivity index (χ1n) is 11.0. The summed E-state index contributed by atoms with van der Waals surface area (Å²) in [7, 11) is 0. The maximum absolute atomic E-state index is 13.5. The molecule has 35 heavy (non-hydrogen) atoms. The molecule has 3 heterocycles. The number of aryl methyl sites for hydroxylation is 1. The molecular formula is C26H20N4O4S. The van der Waals surface area contributed by atoms with E-state index in [1.54, 1.807) is 16.7 Å². The maximum Gasteiger partial charge on any atom is 0.262 e. The Hall–Kier alpha value is -4.11. The van der Waals surface area contributed by atoms with Crippen LogP contribution in [0.4, 0.5) is 0 Å². The van der Waals surface area contributed by atoms with Crippen LogP contribution < -0.4 is 15.0 Å². The predicted molar refractivity (Wildman–Crippen MR) is 132 cm³/mol. The van der Waals surface area contributed by atoms with E-state index in [1.807, 2.05) is 61.5 Å². The van der Waals surface area contributed by atoms with Crippen LogP contribution in [0.3, 0.4) is 0 Å². The lowest BCUT2D eigenvalue weighted by Crippen LogP contribution is -2.24. The summed E-state index contributed by atoms with van der Waals surface area (Å²) in [6.45, 7) is 2.55. The average molecular weight is 485 g/mol. The first-order chi connectivity index (χ1) is 17.1. The number of fused-ring (bicyclic) bond motifs is 2. The second-order valence-electron chi connectivity index (χ2n) is 8.16. The minimum atomic E-state index is -0.148. The summed E-state index contributed by atoms with van der Waals surface area (Å²) in [6.07, 6.45) is 0. The van der Waals surface area contributed by atoms with Crippen molar-refractivity contribution in [3.8, 4) is 22.9 Å². The Labute approximate surface area is 204 Å². The molecule has 1 aliphatic heterocycles. The van der Waals surface area contributed by atoms with Crippen LogP contribution in [0.25, 0.3) is 22.3 Å². The Kier molecular flexibility index (Phi) is 5.46. The first-order valence-corrected chi connectivity index (χ1v) is 12.0. The van der Waals surface area contributed by atoms with E-state index < -0.39 is 0 Å². The molecule has 0 N–H and O–H groups in total. The van der Waals surface area contributed by atoms with Crippen LogP contribution in [0.15, 0.2) is 81.2 Å². The van der Waals surface area contributed by atoms with E-state index in [4.69, 9.17) is 19.0 Å². The van der Waals surface area contributed by atoms with Gasteiger partial charge >= 0.3 is 0 Å². The van der Waals surface area contributed by atoms with E-state index in [-0.39, 0.29) is 12.4 Å². The van der Waals surface area contributed by atoms with Gasteiger partial charge in [-0.05, 0) is 18.6 Å². The van der Waals surface area contributed by atoms with E-state index in [1.165, 1.54) is 11.8 Å². The lowest BCUT2D eigenvalue weighted by molar-refractivity contribution is 0.174. The number of nitrogens with zero attached hydrogens (tertiary/aromatic N) is 4. The van der Waals surface area contributed by atoms with Gasteiger partial charge in [0.15, 0.2) is 16.7 Å². The molecule has 0 fully saturated rings. The Morgan fingerprint density at radius 2 is 1.74 bits per heavy atom. The zero-order valence-corrected chi connectivity index (χ0v) is 19.6. The van der Waals surface area contributed by atoms with Crippen LogP contribution in [0.1, 0.15) is 17.0 Å². The lowest BCUT2D eigenvalue weighted by atomic mass is 10.1. The zero-order chi connectivity index (χ0) is 23.8. The van der Waals surface area contributed by atoms with Crippen LogP contribution in [-0.4, -0.2) is 26.5 Å². The highest BCUT2D eigenvalue weighted by atomic mass is 32.2. The Bertz CT molecular complexity index is 1580. The van der Waals surface area contributed by atoms with Crippen LogP contribution in [0.2, 0.25) is 0 Å².